The second-order valence-electron chi connectivity index (χ2n) is 10.2. The van der Waals surface area contributed by atoms with Crippen molar-refractivity contribution in [2.45, 2.75) is 39.0 Å². The lowest BCUT2D eigenvalue weighted by atomic mass is 10.1. The highest BCUT2D eigenvalue weighted by Gasteiger charge is 2.24. The Morgan fingerprint density at radius 2 is 1.60 bits per heavy atom. The number of hydrogen-bond acceptors (Lipinski definition) is 8. The number of rotatable bonds is 8. The van der Waals surface area contributed by atoms with Crippen LogP contribution in [0.3, 0.4) is 0 Å². The van der Waals surface area contributed by atoms with Gasteiger partial charge in [0.2, 0.25) is 5.78 Å². The van der Waals surface area contributed by atoms with E-state index in [1.807, 2.05) is 24.3 Å². The number of nitrogens with zero attached hydrogens (tertiary/aromatic N) is 1. The molecule has 0 saturated carbocycles. The van der Waals surface area contributed by atoms with Gasteiger partial charge < -0.3 is 24.8 Å². The molecule has 0 radical (unpaired) electrons. The first-order valence-electron chi connectivity index (χ1n) is 12.9. The van der Waals surface area contributed by atoms with E-state index in [4.69, 9.17) is 14.2 Å². The molecular formula is C30H35N3O7. The topological polar surface area (TPSA) is 123 Å². The number of carbonyl (C=O) groups is 4. The van der Waals surface area contributed by atoms with Crippen LogP contribution in [0.2, 0.25) is 0 Å². The Bertz CT molecular complexity index is 1250. The molecule has 1 aliphatic heterocycles. The highest BCUT2D eigenvalue weighted by molar-refractivity contribution is 6.09. The predicted octanol–water partition coefficient (Wildman–Crippen LogP) is 2.55. The fourth-order valence-electron chi connectivity index (χ4n) is 3.76. The van der Waals surface area contributed by atoms with Gasteiger partial charge in [0.1, 0.15) is 11.6 Å². The van der Waals surface area contributed by atoms with Gasteiger partial charge >= 0.3 is 12.1 Å². The first-order valence-corrected chi connectivity index (χ1v) is 12.9. The van der Waals surface area contributed by atoms with Crippen LogP contribution < -0.4 is 10.6 Å². The van der Waals surface area contributed by atoms with Crippen molar-refractivity contribution < 1.29 is 33.4 Å². The highest BCUT2D eigenvalue weighted by atomic mass is 16.6. The number of methoxy groups -OCH3 is 1. The zero-order valence-electron chi connectivity index (χ0n) is 23.2. The van der Waals surface area contributed by atoms with Gasteiger partial charge in [-0.2, -0.15) is 0 Å². The fraction of sp³-hybridized carbons (Fsp3) is 0.400. The summed E-state index contributed by atoms with van der Waals surface area (Å²) < 4.78 is 15.2. The summed E-state index contributed by atoms with van der Waals surface area (Å²) in [4.78, 5) is 51.7. The second kappa shape index (κ2) is 14.3. The molecule has 1 unspecified atom stereocenters. The van der Waals surface area contributed by atoms with Crippen LogP contribution in [0.25, 0.3) is 0 Å². The average molecular weight is 550 g/mol. The summed E-state index contributed by atoms with van der Waals surface area (Å²) in [5.41, 5.74) is 1.72. The first-order chi connectivity index (χ1) is 19.0. The molecule has 212 valence electrons. The average Bonchev–Trinajstić information content (AvgIpc) is 2.94. The van der Waals surface area contributed by atoms with Gasteiger partial charge in [-0.3, -0.25) is 14.5 Å². The number of nitrogens with one attached hydrogen (secondary N) is 2. The maximum atomic E-state index is 12.7. The molecule has 2 amide bonds. The van der Waals surface area contributed by atoms with Crippen molar-refractivity contribution in [3.63, 3.8) is 0 Å². The number of alkyl carbamates (subject to hydrolysis) is 1. The quantitative estimate of drug-likeness (QED) is 0.293. The monoisotopic (exact) mass is 549 g/mol. The molecule has 3 rings (SSSR count). The third-order valence-corrected chi connectivity index (χ3v) is 5.83. The van der Waals surface area contributed by atoms with Crippen LogP contribution in [-0.4, -0.2) is 80.3 Å². The fourth-order valence-corrected chi connectivity index (χ4v) is 3.76. The van der Waals surface area contributed by atoms with E-state index in [9.17, 15) is 19.2 Å². The van der Waals surface area contributed by atoms with E-state index in [1.54, 1.807) is 20.8 Å². The van der Waals surface area contributed by atoms with Crippen molar-refractivity contribution >= 4 is 23.8 Å². The summed E-state index contributed by atoms with van der Waals surface area (Å²) in [5.74, 6) is 3.81. The molecule has 1 aliphatic rings. The lowest BCUT2D eigenvalue weighted by molar-refractivity contribution is -0.142. The van der Waals surface area contributed by atoms with Gasteiger partial charge in [0.15, 0.2) is 0 Å². The van der Waals surface area contributed by atoms with E-state index >= 15 is 0 Å². The molecule has 10 nitrogen and oxygen atoms in total. The Hall–Kier alpha value is -4.20. The van der Waals surface area contributed by atoms with Gasteiger partial charge in [-0.05, 0) is 68.7 Å². The normalized spacial score (nSPS) is 14.2. The maximum absolute atomic E-state index is 12.7. The van der Waals surface area contributed by atoms with Crippen molar-refractivity contribution in [2.75, 3.05) is 40.0 Å². The van der Waals surface area contributed by atoms with E-state index in [1.165, 1.54) is 36.9 Å². The Labute approximate surface area is 234 Å². The lowest BCUT2D eigenvalue weighted by Crippen LogP contribution is -2.49. The third kappa shape index (κ3) is 9.84. The summed E-state index contributed by atoms with van der Waals surface area (Å²) >= 11 is 0. The summed E-state index contributed by atoms with van der Waals surface area (Å²) in [6, 6.07) is 12.5. The second-order valence-corrected chi connectivity index (χ2v) is 10.2. The van der Waals surface area contributed by atoms with Gasteiger partial charge in [-0.25, -0.2) is 9.59 Å². The van der Waals surface area contributed by atoms with Gasteiger partial charge in [0, 0.05) is 36.3 Å². The van der Waals surface area contributed by atoms with Gasteiger partial charge in [0.05, 0.1) is 26.9 Å². The molecule has 0 spiro atoms. The molecule has 2 N–H and O–H groups in total. The Balaban J connectivity index is 1.56. The number of esters is 1. The van der Waals surface area contributed by atoms with E-state index in [0.717, 1.165) is 38.4 Å². The number of ether oxygens (including phenoxy) is 3. The Kier molecular flexibility index (Phi) is 10.8. The highest BCUT2D eigenvalue weighted by Crippen LogP contribution is 2.10. The zero-order valence-corrected chi connectivity index (χ0v) is 23.2. The number of ketones is 1. The van der Waals surface area contributed by atoms with Crippen molar-refractivity contribution in [3.8, 4) is 11.8 Å². The molecule has 1 heterocycles. The van der Waals surface area contributed by atoms with Crippen LogP contribution in [0, 0.1) is 11.8 Å². The van der Waals surface area contributed by atoms with E-state index in [2.05, 4.69) is 27.4 Å². The number of benzene rings is 2. The molecule has 1 saturated heterocycles. The first kappa shape index (κ1) is 30.3. The van der Waals surface area contributed by atoms with Crippen molar-refractivity contribution in [1.29, 1.82) is 0 Å². The largest absolute Gasteiger partial charge is 0.467 e. The number of amides is 2. The number of Topliss-reactive ketones (excluding diaryl/α,β-unsaturated/α-hetero) is 1. The van der Waals surface area contributed by atoms with Crippen molar-refractivity contribution in [2.24, 2.45) is 0 Å². The SMILES string of the molecule is COC(=O)C(CNC(=O)OC(C)(C)C)NC(=O)c1ccc(C(=O)C#Cc2ccc(CN3CCOCC3)cc2)cc1. The lowest BCUT2D eigenvalue weighted by Gasteiger charge is -2.26. The molecule has 0 aromatic heterocycles. The molecule has 2 aromatic rings. The summed E-state index contributed by atoms with van der Waals surface area (Å²) in [7, 11) is 1.18. The van der Waals surface area contributed by atoms with Crippen LogP contribution in [0.15, 0.2) is 48.5 Å². The molecule has 10 heteroatoms. The van der Waals surface area contributed by atoms with Crippen LogP contribution >= 0.6 is 0 Å². The van der Waals surface area contributed by atoms with Crippen LogP contribution in [0.5, 0.6) is 0 Å². The van der Waals surface area contributed by atoms with Gasteiger partial charge in [-0.15, -0.1) is 0 Å². The minimum atomic E-state index is -1.14. The Morgan fingerprint density at radius 1 is 0.975 bits per heavy atom. The third-order valence-electron chi connectivity index (χ3n) is 5.83. The van der Waals surface area contributed by atoms with Gasteiger partial charge in [-0.1, -0.05) is 18.1 Å². The van der Waals surface area contributed by atoms with Crippen LogP contribution in [0.1, 0.15) is 52.6 Å². The Morgan fingerprint density at radius 3 is 2.20 bits per heavy atom. The maximum Gasteiger partial charge on any atom is 0.407 e. The van der Waals surface area contributed by atoms with E-state index < -0.39 is 35.4 Å². The minimum Gasteiger partial charge on any atom is -0.467 e. The summed E-state index contributed by atoms with van der Waals surface area (Å²) in [6.45, 7) is 9.05. The predicted molar refractivity (Wildman–Crippen MR) is 148 cm³/mol. The van der Waals surface area contributed by atoms with Crippen molar-refractivity contribution in [1.82, 2.24) is 15.5 Å². The molecule has 0 aliphatic carbocycles. The van der Waals surface area contributed by atoms with Crippen molar-refractivity contribution in [3.05, 3.63) is 70.8 Å². The number of morpholine rings is 1. The van der Waals surface area contributed by atoms with Gasteiger partial charge in [0.25, 0.3) is 5.91 Å². The molecule has 1 atom stereocenters. The smallest absolute Gasteiger partial charge is 0.407 e. The van der Waals surface area contributed by atoms with Crippen LogP contribution in [-0.2, 0) is 25.5 Å². The minimum absolute atomic E-state index is 0.214. The molecule has 0 bridgehead atoms. The molecule has 40 heavy (non-hydrogen) atoms. The molecular weight excluding hydrogens is 514 g/mol. The van der Waals surface area contributed by atoms with E-state index in [-0.39, 0.29) is 12.1 Å². The number of hydrogen-bond donors (Lipinski definition) is 2. The van der Waals surface area contributed by atoms with Crippen LogP contribution in [0.4, 0.5) is 4.79 Å². The molecule has 2 aromatic carbocycles. The summed E-state index contributed by atoms with van der Waals surface area (Å²) in [6.07, 6.45) is -0.733. The molecule has 1 fully saturated rings. The standard InChI is InChI=1S/C30H35N3O7/c1-30(2,3)40-29(37)31-19-25(28(36)38-4)32-27(35)24-12-10-23(11-13-24)26(34)14-9-21-5-7-22(8-6-21)20-33-15-17-39-18-16-33/h5-8,10-13,25H,15-20H2,1-4H3,(H,31,37)(H,32,35). The summed E-state index contributed by atoms with van der Waals surface area (Å²) in [5, 5.41) is 4.96. The zero-order chi connectivity index (χ0) is 29.1. The van der Waals surface area contributed by atoms with E-state index in [0.29, 0.717) is 5.56 Å². The number of carbonyl (C=O) groups excluding carboxylic acids is 4.